The van der Waals surface area contributed by atoms with Gasteiger partial charge in [0.2, 0.25) is 5.95 Å². The van der Waals surface area contributed by atoms with Crippen LogP contribution in [0.1, 0.15) is 43.4 Å². The van der Waals surface area contributed by atoms with Gasteiger partial charge in [0, 0.05) is 29.3 Å². The number of nitrogens with one attached hydrogen (secondary N) is 1. The molecular formula is C24H24FN7OS. The van der Waals surface area contributed by atoms with Crippen molar-refractivity contribution in [3.8, 4) is 33.6 Å². The minimum Gasteiger partial charge on any atom is -0.507 e. The Kier molecular flexibility index (Phi) is 5.38. The van der Waals surface area contributed by atoms with Crippen LogP contribution in [0, 0.1) is 11.3 Å². The Morgan fingerprint density at radius 1 is 1.15 bits per heavy atom. The molecule has 1 saturated carbocycles. The fourth-order valence-electron chi connectivity index (χ4n) is 5.23. The number of nitrogens with zero attached hydrogens (tertiary/aromatic N) is 6. The molecule has 4 atom stereocenters. The number of halogens is 1. The fraction of sp³-hybridized carbons (Fsp3) is 0.458. The maximum absolute atomic E-state index is 15.4. The van der Waals surface area contributed by atoms with Crippen molar-refractivity contribution in [2.24, 2.45) is 0 Å². The van der Waals surface area contributed by atoms with Crippen molar-refractivity contribution in [1.82, 2.24) is 25.5 Å². The molecule has 2 N–H and O–H groups in total. The molecule has 8 nitrogen and oxygen atoms in total. The first-order valence-corrected chi connectivity index (χ1v) is 12.5. The van der Waals surface area contributed by atoms with Gasteiger partial charge < -0.3 is 15.3 Å². The molecule has 0 radical (unpaired) electrons. The van der Waals surface area contributed by atoms with Gasteiger partial charge in [0.05, 0.1) is 18.4 Å². The monoisotopic (exact) mass is 477 g/mol. The second-order valence-corrected chi connectivity index (χ2v) is 10.3. The number of piperidine rings is 2. The number of rotatable bonds is 5. The van der Waals surface area contributed by atoms with Crippen LogP contribution in [0.2, 0.25) is 0 Å². The molecule has 0 spiro atoms. The zero-order chi connectivity index (χ0) is 23.2. The lowest BCUT2D eigenvalue weighted by atomic mass is 9.82. The zero-order valence-corrected chi connectivity index (χ0v) is 19.2. The molecule has 4 heterocycles. The van der Waals surface area contributed by atoms with Gasteiger partial charge in [-0.05, 0) is 44.2 Å². The molecule has 2 aromatic heterocycles. The topological polar surface area (TPSA) is 111 Å². The molecule has 2 saturated heterocycles. The van der Waals surface area contributed by atoms with Gasteiger partial charge in [0.15, 0.2) is 0 Å². The highest BCUT2D eigenvalue weighted by Gasteiger charge is 2.47. The smallest absolute Gasteiger partial charge is 0.245 e. The van der Waals surface area contributed by atoms with Crippen LogP contribution in [0.3, 0.4) is 0 Å². The lowest BCUT2D eigenvalue weighted by Crippen LogP contribution is -2.62. The molecule has 2 bridgehead atoms. The second kappa shape index (κ2) is 8.56. The lowest BCUT2D eigenvalue weighted by Gasteiger charge is -2.46. The van der Waals surface area contributed by atoms with Crippen LogP contribution in [0.5, 0.6) is 5.75 Å². The Morgan fingerprint density at radius 2 is 2.03 bits per heavy atom. The van der Waals surface area contributed by atoms with Crippen molar-refractivity contribution in [2.75, 3.05) is 4.90 Å². The van der Waals surface area contributed by atoms with Gasteiger partial charge in [-0.25, -0.2) is 14.4 Å². The Balaban J connectivity index is 1.25. The molecule has 1 aliphatic carbocycles. The number of fused-ring (bicyclic) bond motifs is 2. The number of phenols is 1. The van der Waals surface area contributed by atoms with Gasteiger partial charge in [0.1, 0.15) is 33.6 Å². The van der Waals surface area contributed by atoms with Crippen molar-refractivity contribution >= 4 is 17.3 Å². The molecule has 0 unspecified atom stereocenters. The quantitative estimate of drug-likeness (QED) is 0.570. The number of aromatic nitrogens is 4. The molecule has 1 aromatic carbocycles. The predicted octanol–water partition coefficient (Wildman–Crippen LogP) is 3.83. The summed E-state index contributed by atoms with van der Waals surface area (Å²) in [5.41, 5.74) is 1.67. The third-order valence-corrected chi connectivity index (χ3v) is 7.96. The molecule has 3 aliphatic rings. The number of thiazole rings is 1. The van der Waals surface area contributed by atoms with E-state index in [0.29, 0.717) is 33.1 Å². The molecule has 174 valence electrons. The van der Waals surface area contributed by atoms with Crippen molar-refractivity contribution < 1.29 is 9.50 Å². The molecule has 6 rings (SSSR count). The highest BCUT2D eigenvalue weighted by atomic mass is 32.1. The van der Waals surface area contributed by atoms with E-state index in [1.165, 1.54) is 17.5 Å². The average molecular weight is 478 g/mol. The normalized spacial score (nSPS) is 26.1. The maximum atomic E-state index is 15.4. The van der Waals surface area contributed by atoms with Crippen molar-refractivity contribution in [3.05, 3.63) is 35.5 Å². The van der Waals surface area contributed by atoms with Crippen LogP contribution in [-0.4, -0.2) is 55.6 Å². The van der Waals surface area contributed by atoms with Gasteiger partial charge in [-0.2, -0.15) is 5.26 Å². The van der Waals surface area contributed by atoms with E-state index in [-0.39, 0.29) is 23.9 Å². The van der Waals surface area contributed by atoms with Crippen LogP contribution in [0.15, 0.2) is 30.6 Å². The summed E-state index contributed by atoms with van der Waals surface area (Å²) in [6, 6.07) is 7.52. The Hall–Kier alpha value is -3.16. The predicted molar refractivity (Wildman–Crippen MR) is 126 cm³/mol. The van der Waals surface area contributed by atoms with E-state index in [1.807, 2.05) is 6.07 Å². The number of anilines is 1. The summed E-state index contributed by atoms with van der Waals surface area (Å²) in [7, 11) is 0. The average Bonchev–Trinajstić information content (AvgIpc) is 3.57. The van der Waals surface area contributed by atoms with Crippen molar-refractivity contribution in [1.29, 1.82) is 5.26 Å². The molecule has 3 aromatic rings. The van der Waals surface area contributed by atoms with E-state index in [2.05, 4.69) is 36.5 Å². The van der Waals surface area contributed by atoms with Crippen LogP contribution < -0.4 is 10.2 Å². The molecule has 2 aliphatic heterocycles. The highest BCUT2D eigenvalue weighted by molar-refractivity contribution is 7.15. The Morgan fingerprint density at radius 3 is 2.74 bits per heavy atom. The third-order valence-electron chi connectivity index (χ3n) is 7.01. The number of nitriles is 1. The SMILES string of the molecule is N#Cc1cnc(-c2ccc(-c3cnc(N(C4CC4)[C@H]4C[C@@H]5CCC[C@H](N5)[C@H]4F)nn3)c(O)c2)s1. The van der Waals surface area contributed by atoms with Gasteiger partial charge in [-0.3, -0.25) is 0 Å². The second-order valence-electron chi connectivity index (χ2n) is 9.30. The first kappa shape index (κ1) is 21.4. The van der Waals surface area contributed by atoms with E-state index in [0.717, 1.165) is 44.1 Å². The lowest BCUT2D eigenvalue weighted by molar-refractivity contribution is 0.103. The van der Waals surface area contributed by atoms with Crippen LogP contribution >= 0.6 is 11.3 Å². The summed E-state index contributed by atoms with van der Waals surface area (Å²) in [6.45, 7) is 0. The first-order chi connectivity index (χ1) is 16.6. The number of phenolic OH excluding ortho intramolecular Hbond substituents is 1. The van der Waals surface area contributed by atoms with E-state index in [9.17, 15) is 5.11 Å². The highest BCUT2D eigenvalue weighted by Crippen LogP contribution is 2.39. The largest absolute Gasteiger partial charge is 0.507 e. The van der Waals surface area contributed by atoms with Crippen LogP contribution in [-0.2, 0) is 0 Å². The molecular weight excluding hydrogens is 453 g/mol. The number of hydrogen-bond acceptors (Lipinski definition) is 9. The van der Waals surface area contributed by atoms with E-state index in [4.69, 9.17) is 5.26 Å². The summed E-state index contributed by atoms with van der Waals surface area (Å²) in [5, 5.41) is 32.5. The van der Waals surface area contributed by atoms with Gasteiger partial charge in [0.25, 0.3) is 0 Å². The summed E-state index contributed by atoms with van der Waals surface area (Å²) >= 11 is 1.27. The molecule has 0 amide bonds. The molecule has 34 heavy (non-hydrogen) atoms. The third kappa shape index (κ3) is 3.89. The van der Waals surface area contributed by atoms with Crippen molar-refractivity contribution in [2.45, 2.75) is 68.9 Å². The van der Waals surface area contributed by atoms with E-state index >= 15 is 4.39 Å². The van der Waals surface area contributed by atoms with Gasteiger partial charge in [-0.15, -0.1) is 21.5 Å². The summed E-state index contributed by atoms with van der Waals surface area (Å²) in [4.78, 5) is 11.4. The number of hydrogen-bond donors (Lipinski definition) is 2. The first-order valence-electron chi connectivity index (χ1n) is 11.7. The van der Waals surface area contributed by atoms with Gasteiger partial charge in [-0.1, -0.05) is 12.5 Å². The minimum absolute atomic E-state index is 0.0316. The standard InChI is InChI=1S/C24H24FN7OS/c25-22-18-3-1-2-14(29-18)9-20(22)32(15-5-6-15)24-28-12-19(30-31-24)17-7-4-13(8-21(17)33)23-27-11-16(10-26)34-23/h4,7-8,11-12,14-15,18,20,22,29,33H,1-3,5-6,9H2/t14-,18-,20-,22+/m0/s1. The van der Waals surface area contributed by atoms with Crippen molar-refractivity contribution in [3.63, 3.8) is 0 Å². The number of benzene rings is 1. The summed E-state index contributed by atoms with van der Waals surface area (Å²) in [6.07, 6.45) is 7.99. The zero-order valence-electron chi connectivity index (χ0n) is 18.4. The van der Waals surface area contributed by atoms with E-state index < -0.39 is 6.17 Å². The summed E-state index contributed by atoms with van der Waals surface area (Å²) in [5.74, 6) is 0.492. The fourth-order valence-corrected chi connectivity index (χ4v) is 5.94. The Labute approximate surface area is 200 Å². The van der Waals surface area contributed by atoms with E-state index in [1.54, 1.807) is 18.3 Å². The van der Waals surface area contributed by atoms with Gasteiger partial charge >= 0.3 is 0 Å². The summed E-state index contributed by atoms with van der Waals surface area (Å²) < 4.78 is 15.4. The Bertz CT molecular complexity index is 1240. The van der Waals surface area contributed by atoms with Crippen LogP contribution in [0.4, 0.5) is 10.3 Å². The molecule has 10 heteroatoms. The number of aromatic hydroxyl groups is 1. The molecule has 3 fully saturated rings. The maximum Gasteiger partial charge on any atom is 0.245 e. The van der Waals surface area contributed by atoms with Crippen LogP contribution in [0.25, 0.3) is 21.8 Å². The number of alkyl halides is 1. The minimum atomic E-state index is -0.954.